The van der Waals surface area contributed by atoms with Crippen molar-refractivity contribution in [3.05, 3.63) is 0 Å². The molecule has 2 aliphatic rings. The Bertz CT molecular complexity index is 284. The van der Waals surface area contributed by atoms with Crippen LogP contribution in [-0.4, -0.2) is 55.9 Å². The summed E-state index contributed by atoms with van der Waals surface area (Å²) in [7, 11) is 1.92. The second-order valence-corrected chi connectivity index (χ2v) is 5.68. The molecule has 0 aromatic heterocycles. The molecule has 5 nitrogen and oxygen atoms in total. The van der Waals surface area contributed by atoms with Gasteiger partial charge in [-0.25, -0.2) is 4.79 Å². The van der Waals surface area contributed by atoms with Crippen LogP contribution in [0, 0.1) is 0 Å². The van der Waals surface area contributed by atoms with Gasteiger partial charge in [0.25, 0.3) is 0 Å². The third kappa shape index (κ3) is 4.08. The van der Waals surface area contributed by atoms with E-state index in [1.165, 1.54) is 12.8 Å². The lowest BCUT2D eigenvalue weighted by Gasteiger charge is -2.35. The van der Waals surface area contributed by atoms with Crippen LogP contribution in [-0.2, 0) is 4.74 Å². The van der Waals surface area contributed by atoms with Crippen LogP contribution >= 0.6 is 0 Å². The van der Waals surface area contributed by atoms with Gasteiger partial charge in [-0.1, -0.05) is 6.92 Å². The summed E-state index contributed by atoms with van der Waals surface area (Å²) in [5.41, 5.74) is 0. The predicted octanol–water partition coefficient (Wildman–Crippen LogP) is 1.34. The zero-order valence-electron chi connectivity index (χ0n) is 12.2. The Morgan fingerprint density at radius 2 is 1.95 bits per heavy atom. The van der Waals surface area contributed by atoms with Crippen LogP contribution in [0.3, 0.4) is 0 Å². The number of carbonyl (C=O) groups excluding carboxylic acids is 1. The SMILES string of the molecule is CCNC1CCC(N(C)C(=O)NC2CCOC2)CC1. The van der Waals surface area contributed by atoms with E-state index < -0.39 is 0 Å². The number of hydrogen-bond acceptors (Lipinski definition) is 3. The van der Waals surface area contributed by atoms with Gasteiger partial charge >= 0.3 is 6.03 Å². The molecule has 0 radical (unpaired) electrons. The number of nitrogens with one attached hydrogen (secondary N) is 2. The molecule has 1 aliphatic heterocycles. The number of ether oxygens (including phenoxy) is 1. The molecular formula is C14H27N3O2. The maximum atomic E-state index is 12.1. The maximum absolute atomic E-state index is 12.1. The van der Waals surface area contributed by atoms with Crippen LogP contribution in [0.15, 0.2) is 0 Å². The number of rotatable bonds is 4. The Morgan fingerprint density at radius 3 is 2.53 bits per heavy atom. The summed E-state index contributed by atoms with van der Waals surface area (Å²) in [5, 5.41) is 6.55. The fourth-order valence-electron chi connectivity index (χ4n) is 3.05. The van der Waals surface area contributed by atoms with Crippen LogP contribution in [0.5, 0.6) is 0 Å². The van der Waals surface area contributed by atoms with E-state index in [2.05, 4.69) is 17.6 Å². The van der Waals surface area contributed by atoms with Gasteiger partial charge in [-0.05, 0) is 38.6 Å². The van der Waals surface area contributed by atoms with Crippen molar-refractivity contribution in [2.24, 2.45) is 0 Å². The van der Waals surface area contributed by atoms with Gasteiger partial charge in [-0.3, -0.25) is 0 Å². The second kappa shape index (κ2) is 7.10. The maximum Gasteiger partial charge on any atom is 0.317 e. The lowest BCUT2D eigenvalue weighted by Crippen LogP contribution is -2.49. The Kier molecular flexibility index (Phi) is 5.45. The Labute approximate surface area is 116 Å². The summed E-state index contributed by atoms with van der Waals surface area (Å²) >= 11 is 0. The molecular weight excluding hydrogens is 242 g/mol. The topological polar surface area (TPSA) is 53.6 Å². The number of nitrogens with zero attached hydrogens (tertiary/aromatic N) is 1. The summed E-state index contributed by atoms with van der Waals surface area (Å²) in [6.07, 6.45) is 5.48. The first-order valence-corrected chi connectivity index (χ1v) is 7.55. The number of carbonyl (C=O) groups is 1. The molecule has 19 heavy (non-hydrogen) atoms. The van der Waals surface area contributed by atoms with Crippen molar-refractivity contribution in [3.63, 3.8) is 0 Å². The van der Waals surface area contributed by atoms with Crippen molar-refractivity contribution in [2.75, 3.05) is 26.8 Å². The first-order valence-electron chi connectivity index (χ1n) is 7.55. The lowest BCUT2D eigenvalue weighted by atomic mass is 9.90. The Hall–Kier alpha value is -0.810. The third-order valence-electron chi connectivity index (χ3n) is 4.31. The van der Waals surface area contributed by atoms with Gasteiger partial charge in [0.1, 0.15) is 0 Å². The number of amides is 2. The van der Waals surface area contributed by atoms with Gasteiger partial charge in [-0.2, -0.15) is 0 Å². The Balaban J connectivity index is 1.73. The molecule has 1 aliphatic carbocycles. The Morgan fingerprint density at radius 1 is 1.21 bits per heavy atom. The molecule has 2 N–H and O–H groups in total. The number of hydrogen-bond donors (Lipinski definition) is 2. The van der Waals surface area contributed by atoms with Crippen molar-refractivity contribution >= 4 is 6.03 Å². The van der Waals surface area contributed by atoms with E-state index in [1.54, 1.807) is 0 Å². The van der Waals surface area contributed by atoms with Crippen molar-refractivity contribution < 1.29 is 9.53 Å². The lowest BCUT2D eigenvalue weighted by molar-refractivity contribution is 0.158. The minimum absolute atomic E-state index is 0.0578. The van der Waals surface area contributed by atoms with Crippen LogP contribution < -0.4 is 10.6 Å². The van der Waals surface area contributed by atoms with Crippen molar-refractivity contribution in [1.29, 1.82) is 0 Å². The van der Waals surface area contributed by atoms with Crippen LogP contribution in [0.25, 0.3) is 0 Å². The molecule has 0 aromatic rings. The van der Waals surface area contributed by atoms with Gasteiger partial charge in [0.05, 0.1) is 12.6 Å². The molecule has 0 bridgehead atoms. The van der Waals surface area contributed by atoms with Gasteiger partial charge in [0.2, 0.25) is 0 Å². The summed E-state index contributed by atoms with van der Waals surface area (Å²) in [6.45, 7) is 4.61. The molecule has 2 fully saturated rings. The van der Waals surface area contributed by atoms with Crippen molar-refractivity contribution in [2.45, 2.75) is 57.2 Å². The molecule has 110 valence electrons. The molecule has 1 saturated carbocycles. The molecule has 0 aromatic carbocycles. The van der Waals surface area contributed by atoms with Gasteiger partial charge in [-0.15, -0.1) is 0 Å². The normalized spacial score (nSPS) is 31.2. The largest absolute Gasteiger partial charge is 0.379 e. The van der Waals surface area contributed by atoms with Crippen LogP contribution in [0.1, 0.15) is 39.0 Å². The molecule has 2 rings (SSSR count). The minimum Gasteiger partial charge on any atom is -0.379 e. The standard InChI is InChI=1S/C14H27N3O2/c1-3-15-11-4-6-13(7-5-11)17(2)14(18)16-12-8-9-19-10-12/h11-13,15H,3-10H2,1-2H3,(H,16,18). The summed E-state index contributed by atoms with van der Waals surface area (Å²) in [6, 6.07) is 1.29. The van der Waals surface area contributed by atoms with E-state index >= 15 is 0 Å². The number of urea groups is 1. The second-order valence-electron chi connectivity index (χ2n) is 5.68. The highest BCUT2D eigenvalue weighted by molar-refractivity contribution is 5.74. The molecule has 2 amide bonds. The minimum atomic E-state index is 0.0578. The van der Waals surface area contributed by atoms with Crippen molar-refractivity contribution in [1.82, 2.24) is 15.5 Å². The van der Waals surface area contributed by atoms with Gasteiger partial charge < -0.3 is 20.3 Å². The first kappa shape index (κ1) is 14.6. The van der Waals surface area contributed by atoms with Crippen LogP contribution in [0.4, 0.5) is 4.79 Å². The van der Waals surface area contributed by atoms with Crippen molar-refractivity contribution in [3.8, 4) is 0 Å². The van der Waals surface area contributed by atoms with E-state index in [-0.39, 0.29) is 12.1 Å². The predicted molar refractivity (Wildman–Crippen MR) is 75.2 cm³/mol. The molecule has 1 saturated heterocycles. The third-order valence-corrected chi connectivity index (χ3v) is 4.31. The van der Waals surface area contributed by atoms with Gasteiger partial charge in [0, 0.05) is 25.7 Å². The molecule has 0 spiro atoms. The highest BCUT2D eigenvalue weighted by Gasteiger charge is 2.27. The summed E-state index contributed by atoms with van der Waals surface area (Å²) in [5.74, 6) is 0. The molecule has 1 atom stereocenters. The monoisotopic (exact) mass is 269 g/mol. The zero-order chi connectivity index (χ0) is 13.7. The summed E-state index contributed by atoms with van der Waals surface area (Å²) < 4.78 is 5.28. The zero-order valence-corrected chi connectivity index (χ0v) is 12.2. The average Bonchev–Trinajstić information content (AvgIpc) is 2.92. The van der Waals surface area contributed by atoms with E-state index in [9.17, 15) is 4.79 Å². The smallest absolute Gasteiger partial charge is 0.317 e. The molecule has 5 heteroatoms. The summed E-state index contributed by atoms with van der Waals surface area (Å²) in [4.78, 5) is 14.0. The fourth-order valence-corrected chi connectivity index (χ4v) is 3.05. The van der Waals surface area contributed by atoms with Gasteiger partial charge in [0.15, 0.2) is 0 Å². The highest BCUT2D eigenvalue weighted by Crippen LogP contribution is 2.22. The first-order chi connectivity index (χ1) is 9.20. The quantitative estimate of drug-likeness (QED) is 0.810. The van der Waals surface area contributed by atoms with E-state index in [0.29, 0.717) is 18.7 Å². The van der Waals surface area contributed by atoms with E-state index in [0.717, 1.165) is 32.4 Å². The van der Waals surface area contributed by atoms with Crippen LogP contribution in [0.2, 0.25) is 0 Å². The van der Waals surface area contributed by atoms with E-state index in [4.69, 9.17) is 4.74 Å². The van der Waals surface area contributed by atoms with E-state index in [1.807, 2.05) is 11.9 Å². The molecule has 1 unspecified atom stereocenters. The fraction of sp³-hybridized carbons (Fsp3) is 0.929. The highest BCUT2D eigenvalue weighted by atomic mass is 16.5. The average molecular weight is 269 g/mol. The molecule has 1 heterocycles.